The summed E-state index contributed by atoms with van der Waals surface area (Å²) >= 11 is 0. The van der Waals surface area contributed by atoms with Crippen LogP contribution in [0.2, 0.25) is 0 Å². The van der Waals surface area contributed by atoms with Crippen molar-refractivity contribution >= 4 is 5.97 Å². The molecule has 0 aliphatic rings. The molecule has 0 saturated carbocycles. The summed E-state index contributed by atoms with van der Waals surface area (Å²) < 4.78 is 10.1. The van der Waals surface area contributed by atoms with Crippen LogP contribution in [0.4, 0.5) is 0 Å². The molecule has 0 aliphatic carbocycles. The lowest BCUT2D eigenvalue weighted by molar-refractivity contribution is -0.137. The van der Waals surface area contributed by atoms with Crippen molar-refractivity contribution in [3.8, 4) is 16.9 Å². The molecule has 20 heavy (non-hydrogen) atoms. The fourth-order valence-corrected chi connectivity index (χ4v) is 1.72. The zero-order valence-corrected chi connectivity index (χ0v) is 11.3. The van der Waals surface area contributed by atoms with E-state index in [1.807, 2.05) is 42.5 Å². The van der Waals surface area contributed by atoms with E-state index in [2.05, 4.69) is 12.1 Å². The molecule has 2 aromatic carbocycles. The van der Waals surface area contributed by atoms with Gasteiger partial charge in [-0.3, -0.25) is 0 Å². The number of esters is 1. The summed E-state index contributed by atoms with van der Waals surface area (Å²) in [7, 11) is 0. The van der Waals surface area contributed by atoms with Crippen LogP contribution in [0, 0.1) is 0 Å². The third-order valence-corrected chi connectivity index (χ3v) is 2.66. The van der Waals surface area contributed by atoms with Crippen molar-refractivity contribution in [2.45, 2.75) is 6.92 Å². The average Bonchev–Trinajstić information content (AvgIpc) is 2.49. The molecule has 2 aromatic rings. The Morgan fingerprint density at radius 2 is 1.65 bits per heavy atom. The molecule has 0 spiro atoms. The van der Waals surface area contributed by atoms with Gasteiger partial charge in [0.05, 0.1) is 18.9 Å². The Hall–Kier alpha value is -2.55. The van der Waals surface area contributed by atoms with Crippen molar-refractivity contribution in [2.24, 2.45) is 0 Å². The third kappa shape index (κ3) is 3.99. The van der Waals surface area contributed by atoms with Gasteiger partial charge in [0.1, 0.15) is 5.75 Å². The van der Waals surface area contributed by atoms with Crippen LogP contribution in [0.1, 0.15) is 6.92 Å². The molecule has 0 aromatic heterocycles. The Labute approximate surface area is 118 Å². The first-order valence-corrected chi connectivity index (χ1v) is 6.45. The second-order valence-electron chi connectivity index (χ2n) is 4.06. The lowest BCUT2D eigenvalue weighted by atomic mass is 10.1. The zero-order chi connectivity index (χ0) is 14.2. The molecule has 0 atom stereocenters. The first-order valence-electron chi connectivity index (χ1n) is 6.45. The second kappa shape index (κ2) is 7.14. The van der Waals surface area contributed by atoms with Crippen LogP contribution in [0.5, 0.6) is 5.75 Å². The Kier molecular flexibility index (Phi) is 4.95. The molecule has 0 amide bonds. The zero-order valence-electron chi connectivity index (χ0n) is 11.3. The van der Waals surface area contributed by atoms with E-state index >= 15 is 0 Å². The first-order chi connectivity index (χ1) is 9.79. The van der Waals surface area contributed by atoms with E-state index in [-0.39, 0.29) is 0 Å². The van der Waals surface area contributed by atoms with Gasteiger partial charge in [-0.05, 0) is 30.2 Å². The largest absolute Gasteiger partial charge is 0.465 e. The number of benzene rings is 2. The van der Waals surface area contributed by atoms with Crippen molar-refractivity contribution in [1.82, 2.24) is 0 Å². The Balaban J connectivity index is 1.97. The van der Waals surface area contributed by atoms with Crippen LogP contribution in [-0.4, -0.2) is 12.6 Å². The van der Waals surface area contributed by atoms with E-state index in [0.29, 0.717) is 12.4 Å². The Bertz CT molecular complexity index is 571. The van der Waals surface area contributed by atoms with Gasteiger partial charge in [0.2, 0.25) is 0 Å². The predicted molar refractivity (Wildman–Crippen MR) is 78.3 cm³/mol. The molecule has 0 aliphatic heterocycles. The highest BCUT2D eigenvalue weighted by Gasteiger charge is 1.98. The first kappa shape index (κ1) is 13.9. The van der Waals surface area contributed by atoms with Gasteiger partial charge >= 0.3 is 5.97 Å². The topological polar surface area (TPSA) is 35.5 Å². The minimum absolute atomic E-state index is 0.356. The maximum Gasteiger partial charge on any atom is 0.333 e. The molecule has 0 N–H and O–H groups in total. The number of rotatable bonds is 5. The number of carbonyl (C=O) groups excluding carboxylic acids is 1. The summed E-state index contributed by atoms with van der Waals surface area (Å²) in [6.07, 6.45) is 2.59. The van der Waals surface area contributed by atoms with Gasteiger partial charge in [0.15, 0.2) is 0 Å². The SMILES string of the molecule is CCOC(=O)/C=C/Oc1ccc(-c2ccccc2)cc1. The summed E-state index contributed by atoms with van der Waals surface area (Å²) in [6.45, 7) is 2.11. The lowest BCUT2D eigenvalue weighted by Crippen LogP contribution is -1.99. The fraction of sp³-hybridized carbons (Fsp3) is 0.118. The van der Waals surface area contributed by atoms with Crippen molar-refractivity contribution in [3.05, 3.63) is 66.9 Å². The van der Waals surface area contributed by atoms with Gasteiger partial charge in [-0.1, -0.05) is 42.5 Å². The van der Waals surface area contributed by atoms with Crippen molar-refractivity contribution in [3.63, 3.8) is 0 Å². The van der Waals surface area contributed by atoms with Crippen LogP contribution >= 0.6 is 0 Å². The molecule has 0 radical (unpaired) electrons. The fourth-order valence-electron chi connectivity index (χ4n) is 1.72. The highest BCUT2D eigenvalue weighted by molar-refractivity contribution is 5.81. The van der Waals surface area contributed by atoms with Crippen molar-refractivity contribution in [2.75, 3.05) is 6.61 Å². The molecule has 0 fully saturated rings. The van der Waals surface area contributed by atoms with Gasteiger partial charge < -0.3 is 9.47 Å². The normalized spacial score (nSPS) is 10.4. The number of carbonyl (C=O) groups is 1. The van der Waals surface area contributed by atoms with E-state index in [1.165, 1.54) is 12.3 Å². The quantitative estimate of drug-likeness (QED) is 0.470. The summed E-state index contributed by atoms with van der Waals surface area (Å²) in [4.78, 5) is 11.1. The van der Waals surface area contributed by atoms with Gasteiger partial charge in [0, 0.05) is 0 Å². The Morgan fingerprint density at radius 3 is 2.30 bits per heavy atom. The van der Waals surface area contributed by atoms with E-state index in [0.717, 1.165) is 11.1 Å². The van der Waals surface area contributed by atoms with E-state index in [9.17, 15) is 4.79 Å². The van der Waals surface area contributed by atoms with Crippen LogP contribution in [0.3, 0.4) is 0 Å². The molecule has 0 unspecified atom stereocenters. The average molecular weight is 268 g/mol. The van der Waals surface area contributed by atoms with E-state index in [4.69, 9.17) is 9.47 Å². The highest BCUT2D eigenvalue weighted by Crippen LogP contribution is 2.22. The highest BCUT2D eigenvalue weighted by atomic mass is 16.5. The summed E-state index contributed by atoms with van der Waals surface area (Å²) in [5.74, 6) is 0.263. The van der Waals surface area contributed by atoms with Crippen LogP contribution in [0.15, 0.2) is 66.9 Å². The summed E-state index contributed by atoms with van der Waals surface area (Å²) in [6, 6.07) is 17.8. The van der Waals surface area contributed by atoms with Gasteiger partial charge in [0.25, 0.3) is 0 Å². The van der Waals surface area contributed by atoms with Crippen LogP contribution in [-0.2, 0) is 9.53 Å². The van der Waals surface area contributed by atoms with Gasteiger partial charge in [-0.15, -0.1) is 0 Å². The number of ether oxygens (including phenoxy) is 2. The molecule has 3 heteroatoms. The smallest absolute Gasteiger partial charge is 0.333 e. The molecule has 0 saturated heterocycles. The molecular formula is C17H16O3. The van der Waals surface area contributed by atoms with Crippen LogP contribution < -0.4 is 4.74 Å². The van der Waals surface area contributed by atoms with Crippen LogP contribution in [0.25, 0.3) is 11.1 Å². The molecule has 3 nitrogen and oxygen atoms in total. The second-order valence-corrected chi connectivity index (χ2v) is 4.06. The van der Waals surface area contributed by atoms with E-state index < -0.39 is 5.97 Å². The maximum atomic E-state index is 11.1. The maximum absolute atomic E-state index is 11.1. The summed E-state index contributed by atoms with van der Waals surface area (Å²) in [5, 5.41) is 0. The standard InChI is InChI=1S/C17H16O3/c1-2-19-17(18)12-13-20-16-10-8-15(9-11-16)14-6-4-3-5-7-14/h3-13H,2H2,1H3/b13-12+. The predicted octanol–water partition coefficient (Wildman–Crippen LogP) is 3.81. The van der Waals surface area contributed by atoms with E-state index in [1.54, 1.807) is 6.92 Å². The summed E-state index contributed by atoms with van der Waals surface area (Å²) in [5.41, 5.74) is 2.27. The number of hydrogen-bond acceptors (Lipinski definition) is 3. The van der Waals surface area contributed by atoms with Gasteiger partial charge in [-0.25, -0.2) is 4.79 Å². The molecule has 0 bridgehead atoms. The van der Waals surface area contributed by atoms with Gasteiger partial charge in [-0.2, -0.15) is 0 Å². The van der Waals surface area contributed by atoms with Crippen molar-refractivity contribution in [1.29, 1.82) is 0 Å². The molecule has 2 rings (SSSR count). The lowest BCUT2D eigenvalue weighted by Gasteiger charge is -2.03. The molecule has 0 heterocycles. The minimum atomic E-state index is -0.409. The Morgan fingerprint density at radius 1 is 1.00 bits per heavy atom. The molecule has 102 valence electrons. The molecular weight excluding hydrogens is 252 g/mol. The van der Waals surface area contributed by atoms with Crippen molar-refractivity contribution < 1.29 is 14.3 Å². The third-order valence-electron chi connectivity index (χ3n) is 2.66. The minimum Gasteiger partial charge on any atom is -0.465 e. The monoisotopic (exact) mass is 268 g/mol. The number of hydrogen-bond donors (Lipinski definition) is 0.